The Morgan fingerprint density at radius 2 is 1.57 bits per heavy atom. The minimum atomic E-state index is -0.516. The van der Waals surface area contributed by atoms with Crippen molar-refractivity contribution in [2.45, 2.75) is 6.92 Å². The van der Waals surface area contributed by atoms with Crippen LogP contribution in [-0.4, -0.2) is 13.7 Å². The Kier molecular flexibility index (Phi) is 4.95. The van der Waals surface area contributed by atoms with Gasteiger partial charge in [0.1, 0.15) is 11.0 Å². The fourth-order valence-electron chi connectivity index (χ4n) is 3.47. The third-order valence-corrected chi connectivity index (χ3v) is 5.63. The molecule has 152 valence electrons. The second kappa shape index (κ2) is 7.46. The Morgan fingerprint density at radius 3 is 2.23 bits per heavy atom. The van der Waals surface area contributed by atoms with Crippen LogP contribution in [0.15, 0.2) is 73.5 Å². The van der Waals surface area contributed by atoms with E-state index in [4.69, 9.17) is 0 Å². The fourth-order valence-corrected chi connectivity index (χ4v) is 3.74. The van der Waals surface area contributed by atoms with Gasteiger partial charge < -0.3 is 5.32 Å². The SMILES string of the molecule is Cc1ccccc1-n1c(=O)n(C)c(=O)c2c(Nc3ccc(Br)cc3)cc(=O)n(C)c21. The van der Waals surface area contributed by atoms with Crippen LogP contribution in [0.1, 0.15) is 5.56 Å². The number of pyridine rings is 1. The van der Waals surface area contributed by atoms with E-state index in [-0.39, 0.29) is 16.6 Å². The van der Waals surface area contributed by atoms with Crippen LogP contribution in [0.2, 0.25) is 0 Å². The van der Waals surface area contributed by atoms with E-state index in [2.05, 4.69) is 21.2 Å². The minimum absolute atomic E-state index is 0.240. The Labute approximate surface area is 180 Å². The second-order valence-corrected chi connectivity index (χ2v) is 7.97. The van der Waals surface area contributed by atoms with Crippen molar-refractivity contribution >= 4 is 38.3 Å². The summed E-state index contributed by atoms with van der Waals surface area (Å²) in [5.74, 6) is 0. The topological polar surface area (TPSA) is 78.0 Å². The fraction of sp³-hybridized carbons (Fsp3) is 0.136. The zero-order valence-electron chi connectivity index (χ0n) is 16.6. The molecule has 0 aliphatic rings. The van der Waals surface area contributed by atoms with Crippen LogP contribution in [0, 0.1) is 6.92 Å². The van der Waals surface area contributed by atoms with E-state index in [1.54, 1.807) is 13.1 Å². The van der Waals surface area contributed by atoms with Crippen molar-refractivity contribution in [3.8, 4) is 5.69 Å². The van der Waals surface area contributed by atoms with Gasteiger partial charge in [-0.3, -0.25) is 18.7 Å². The molecule has 0 atom stereocenters. The first-order valence-corrected chi connectivity index (χ1v) is 10.0. The second-order valence-electron chi connectivity index (χ2n) is 7.05. The first kappa shape index (κ1) is 19.9. The first-order valence-electron chi connectivity index (χ1n) is 9.24. The number of aryl methyl sites for hydroxylation is 2. The normalized spacial score (nSPS) is 11.1. The van der Waals surface area contributed by atoms with Crippen LogP contribution >= 0.6 is 15.9 Å². The molecule has 0 radical (unpaired) electrons. The average Bonchev–Trinajstić information content (AvgIpc) is 2.72. The summed E-state index contributed by atoms with van der Waals surface area (Å²) in [6.45, 7) is 1.88. The van der Waals surface area contributed by atoms with E-state index in [9.17, 15) is 14.4 Å². The van der Waals surface area contributed by atoms with E-state index in [0.717, 1.165) is 14.6 Å². The van der Waals surface area contributed by atoms with Crippen LogP contribution in [0.3, 0.4) is 0 Å². The van der Waals surface area contributed by atoms with Gasteiger partial charge >= 0.3 is 5.69 Å². The molecule has 0 amide bonds. The molecule has 0 saturated heterocycles. The quantitative estimate of drug-likeness (QED) is 0.502. The zero-order chi connectivity index (χ0) is 21.6. The van der Waals surface area contributed by atoms with Gasteiger partial charge in [0.15, 0.2) is 0 Å². The lowest BCUT2D eigenvalue weighted by Crippen LogP contribution is -2.40. The molecule has 2 aromatic carbocycles. The number of rotatable bonds is 3. The summed E-state index contributed by atoms with van der Waals surface area (Å²) in [6.07, 6.45) is 0. The van der Waals surface area contributed by atoms with E-state index in [1.807, 2.05) is 49.4 Å². The largest absolute Gasteiger partial charge is 0.355 e. The predicted molar refractivity (Wildman–Crippen MR) is 122 cm³/mol. The molecular formula is C22H19BrN4O3. The van der Waals surface area contributed by atoms with Gasteiger partial charge in [0.25, 0.3) is 11.1 Å². The molecule has 0 aliphatic carbocycles. The summed E-state index contributed by atoms with van der Waals surface area (Å²) in [7, 11) is 3.00. The van der Waals surface area contributed by atoms with Crippen LogP contribution in [0.25, 0.3) is 16.7 Å². The van der Waals surface area contributed by atoms with Crippen molar-refractivity contribution in [2.24, 2.45) is 14.1 Å². The number of fused-ring (bicyclic) bond motifs is 1. The van der Waals surface area contributed by atoms with Gasteiger partial charge in [0.2, 0.25) is 0 Å². The van der Waals surface area contributed by atoms with Gasteiger partial charge in [-0.15, -0.1) is 0 Å². The van der Waals surface area contributed by atoms with E-state index >= 15 is 0 Å². The van der Waals surface area contributed by atoms with Crippen molar-refractivity contribution in [1.29, 1.82) is 0 Å². The molecule has 7 nitrogen and oxygen atoms in total. The highest BCUT2D eigenvalue weighted by molar-refractivity contribution is 9.10. The van der Waals surface area contributed by atoms with Crippen molar-refractivity contribution in [3.63, 3.8) is 0 Å². The monoisotopic (exact) mass is 466 g/mol. The van der Waals surface area contributed by atoms with Crippen molar-refractivity contribution in [1.82, 2.24) is 13.7 Å². The van der Waals surface area contributed by atoms with Gasteiger partial charge in [-0.1, -0.05) is 34.1 Å². The number of halogens is 1. The molecule has 4 aromatic rings. The number of nitrogens with zero attached hydrogens (tertiary/aromatic N) is 3. The number of hydrogen-bond acceptors (Lipinski definition) is 4. The molecule has 2 heterocycles. The molecule has 0 aliphatic heterocycles. The number of hydrogen-bond donors (Lipinski definition) is 1. The van der Waals surface area contributed by atoms with E-state index < -0.39 is 11.2 Å². The molecule has 0 fully saturated rings. The summed E-state index contributed by atoms with van der Waals surface area (Å²) >= 11 is 3.39. The molecule has 8 heteroatoms. The van der Waals surface area contributed by atoms with Gasteiger partial charge in [-0.05, 0) is 42.8 Å². The summed E-state index contributed by atoms with van der Waals surface area (Å²) in [6, 6.07) is 16.1. The predicted octanol–water partition coefficient (Wildman–Crippen LogP) is 3.20. The molecule has 0 unspecified atom stereocenters. The average molecular weight is 467 g/mol. The highest BCUT2D eigenvalue weighted by atomic mass is 79.9. The molecule has 0 bridgehead atoms. The number of benzene rings is 2. The summed E-state index contributed by atoms with van der Waals surface area (Å²) in [5, 5.41) is 3.42. The first-order chi connectivity index (χ1) is 14.3. The van der Waals surface area contributed by atoms with Gasteiger partial charge in [0, 0.05) is 30.3 Å². The van der Waals surface area contributed by atoms with Crippen LogP contribution in [0.4, 0.5) is 11.4 Å². The Hall–Kier alpha value is -3.39. The smallest absolute Gasteiger partial charge is 0.337 e. The molecule has 0 spiro atoms. The number of anilines is 2. The summed E-state index contributed by atoms with van der Waals surface area (Å²) in [5.41, 5.74) is 1.42. The van der Waals surface area contributed by atoms with Crippen LogP contribution in [0.5, 0.6) is 0 Å². The third-order valence-electron chi connectivity index (χ3n) is 5.10. The van der Waals surface area contributed by atoms with Crippen molar-refractivity contribution in [2.75, 3.05) is 5.32 Å². The third kappa shape index (κ3) is 3.19. The molecule has 2 aromatic heterocycles. The molecule has 4 rings (SSSR count). The van der Waals surface area contributed by atoms with Crippen LogP contribution in [-0.2, 0) is 14.1 Å². The maximum Gasteiger partial charge on any atom is 0.337 e. The zero-order valence-corrected chi connectivity index (χ0v) is 18.2. The van der Waals surface area contributed by atoms with Crippen LogP contribution < -0.4 is 22.1 Å². The van der Waals surface area contributed by atoms with E-state index in [1.165, 1.54) is 22.2 Å². The van der Waals surface area contributed by atoms with Gasteiger partial charge in [-0.2, -0.15) is 0 Å². The Balaban J connectivity index is 2.15. The van der Waals surface area contributed by atoms with Gasteiger partial charge in [0.05, 0.1) is 11.4 Å². The van der Waals surface area contributed by atoms with E-state index in [0.29, 0.717) is 17.1 Å². The maximum absolute atomic E-state index is 13.1. The molecule has 30 heavy (non-hydrogen) atoms. The lowest BCUT2D eigenvalue weighted by Gasteiger charge is -2.18. The molecule has 1 N–H and O–H groups in total. The van der Waals surface area contributed by atoms with Gasteiger partial charge in [-0.25, -0.2) is 9.36 Å². The highest BCUT2D eigenvalue weighted by Gasteiger charge is 2.20. The standard InChI is InChI=1S/C22H19BrN4O3/c1-13-6-4-5-7-17(13)27-20-19(21(29)26(3)22(27)30)16(12-18(28)25(20)2)24-15-10-8-14(23)9-11-15/h4-12,24H,1-3H3. The minimum Gasteiger partial charge on any atom is -0.355 e. The lowest BCUT2D eigenvalue weighted by molar-refractivity contribution is 0.728. The van der Waals surface area contributed by atoms with Crippen molar-refractivity contribution in [3.05, 3.63) is 95.8 Å². The Morgan fingerprint density at radius 1 is 0.900 bits per heavy atom. The lowest BCUT2D eigenvalue weighted by atomic mass is 10.2. The summed E-state index contributed by atoms with van der Waals surface area (Å²) in [4.78, 5) is 39.0. The summed E-state index contributed by atoms with van der Waals surface area (Å²) < 4.78 is 4.72. The number of aromatic nitrogens is 3. The van der Waals surface area contributed by atoms with Crippen molar-refractivity contribution < 1.29 is 0 Å². The maximum atomic E-state index is 13.1. The molecule has 0 saturated carbocycles. The number of nitrogens with one attached hydrogen (secondary N) is 1. The molecular weight excluding hydrogens is 448 g/mol. The highest BCUT2D eigenvalue weighted by Crippen LogP contribution is 2.24. The number of para-hydroxylation sites is 1. The Bertz CT molecular complexity index is 1460.